The number of phenols is 1. The summed E-state index contributed by atoms with van der Waals surface area (Å²) in [5, 5.41) is 13.2. The third-order valence-electron chi connectivity index (χ3n) is 4.25. The molecule has 1 atom stereocenters. The number of hydrogen-bond donors (Lipinski definition) is 4. The fraction of sp³-hybridized carbons (Fsp3) is 0.250. The maximum atomic E-state index is 13.1. The van der Waals surface area contributed by atoms with Gasteiger partial charge in [0.2, 0.25) is 5.91 Å². The molecule has 0 aliphatic carbocycles. The van der Waals surface area contributed by atoms with Crippen LogP contribution in [-0.2, 0) is 24.2 Å². The van der Waals surface area contributed by atoms with Gasteiger partial charge in [0.1, 0.15) is 11.0 Å². The molecule has 1 unspecified atom stereocenters. The van der Waals surface area contributed by atoms with Gasteiger partial charge in [-0.15, -0.1) is 0 Å². The van der Waals surface area contributed by atoms with E-state index in [0.29, 0.717) is 0 Å². The first-order chi connectivity index (χ1) is 13.9. The molecule has 2 aromatic rings. The molecular weight excluding hydrogens is 410 g/mol. The third-order valence-corrected chi connectivity index (χ3v) is 6.59. The minimum atomic E-state index is -3.97. The number of aromatic hydroxyl groups is 1. The molecule has 10 heteroatoms. The van der Waals surface area contributed by atoms with Gasteiger partial charge in [0.25, 0.3) is 0 Å². The van der Waals surface area contributed by atoms with Gasteiger partial charge in [-0.25, -0.2) is 8.42 Å². The summed E-state index contributed by atoms with van der Waals surface area (Å²) in [5.74, 6) is -4.08. The van der Waals surface area contributed by atoms with Crippen molar-refractivity contribution < 1.29 is 27.9 Å². The van der Waals surface area contributed by atoms with E-state index in [1.54, 1.807) is 32.9 Å². The van der Waals surface area contributed by atoms with Gasteiger partial charge in [-0.2, -0.15) is 0 Å². The van der Waals surface area contributed by atoms with Crippen molar-refractivity contribution in [3.8, 4) is 5.75 Å². The number of hydrogen-bond acceptors (Lipinski definition) is 6. The average Bonchev–Trinajstić information content (AvgIpc) is 2.63. The maximum Gasteiger partial charge on any atom is 0.313 e. The summed E-state index contributed by atoms with van der Waals surface area (Å²) in [6.07, 6.45) is 0. The number of nitrogens with two attached hydrogens (primary N) is 1. The average molecular weight is 433 g/mol. The van der Waals surface area contributed by atoms with Crippen LogP contribution in [0.25, 0.3) is 0 Å². The van der Waals surface area contributed by atoms with E-state index in [4.69, 9.17) is 5.73 Å². The Bertz CT molecular complexity index is 1100. The van der Waals surface area contributed by atoms with Crippen LogP contribution in [0.5, 0.6) is 5.75 Å². The van der Waals surface area contributed by atoms with Crippen LogP contribution in [0.3, 0.4) is 0 Å². The van der Waals surface area contributed by atoms with Crippen LogP contribution in [0.15, 0.2) is 47.4 Å². The third kappa shape index (κ3) is 5.15. The summed E-state index contributed by atoms with van der Waals surface area (Å²) in [5.41, 5.74) is 5.61. The van der Waals surface area contributed by atoms with Crippen LogP contribution in [0.4, 0.5) is 11.4 Å². The number of amides is 3. The minimum Gasteiger partial charge on any atom is -0.506 e. The molecule has 30 heavy (non-hydrogen) atoms. The Balaban J connectivity index is 2.28. The van der Waals surface area contributed by atoms with Gasteiger partial charge in [0.05, 0.1) is 10.6 Å². The summed E-state index contributed by atoms with van der Waals surface area (Å²) < 4.78 is 26.1. The topological polar surface area (TPSA) is 156 Å². The Hall–Kier alpha value is -3.40. The number of carbonyl (C=O) groups is 3. The normalized spacial score (nSPS) is 12.3. The maximum absolute atomic E-state index is 13.1. The van der Waals surface area contributed by atoms with Crippen LogP contribution in [0.2, 0.25) is 0 Å². The number of carbonyl (C=O) groups excluding carboxylic acids is 3. The summed E-state index contributed by atoms with van der Waals surface area (Å²) in [6, 6.07) is 9.99. The highest BCUT2D eigenvalue weighted by atomic mass is 32.2. The molecule has 0 saturated heterocycles. The molecule has 3 amide bonds. The van der Waals surface area contributed by atoms with Crippen LogP contribution < -0.4 is 16.4 Å². The quantitative estimate of drug-likeness (QED) is 0.400. The molecule has 0 saturated carbocycles. The Morgan fingerprint density at radius 1 is 1.03 bits per heavy atom. The van der Waals surface area contributed by atoms with Crippen molar-refractivity contribution in [1.82, 2.24) is 0 Å². The molecule has 2 rings (SSSR count). The fourth-order valence-corrected chi connectivity index (χ4v) is 4.82. The zero-order valence-corrected chi connectivity index (χ0v) is 17.5. The fourth-order valence-electron chi connectivity index (χ4n) is 2.85. The van der Waals surface area contributed by atoms with Gasteiger partial charge < -0.3 is 21.5 Å². The number of nitrogens with one attached hydrogen (secondary N) is 2. The summed E-state index contributed by atoms with van der Waals surface area (Å²) >= 11 is 0. The number of sulfone groups is 1. The minimum absolute atomic E-state index is 0.0451. The van der Waals surface area contributed by atoms with Gasteiger partial charge in [-0.1, -0.05) is 26.0 Å². The van der Waals surface area contributed by atoms with E-state index in [9.17, 15) is 27.9 Å². The molecule has 160 valence electrons. The van der Waals surface area contributed by atoms with Crippen LogP contribution in [-0.4, -0.2) is 36.5 Å². The Labute approximate surface area is 174 Å². The lowest BCUT2D eigenvalue weighted by molar-refractivity contribution is -0.134. The Morgan fingerprint density at radius 3 is 2.23 bits per heavy atom. The molecule has 0 radical (unpaired) electrons. The lowest BCUT2D eigenvalue weighted by atomic mass is 10.1. The first-order valence-corrected chi connectivity index (χ1v) is 10.5. The zero-order valence-electron chi connectivity index (χ0n) is 16.7. The molecule has 0 spiro atoms. The highest BCUT2D eigenvalue weighted by Gasteiger charge is 2.36. The Morgan fingerprint density at radius 2 is 1.70 bits per heavy atom. The van der Waals surface area contributed by atoms with Crippen LogP contribution in [0, 0.1) is 12.8 Å². The van der Waals surface area contributed by atoms with E-state index in [-0.39, 0.29) is 16.3 Å². The smallest absolute Gasteiger partial charge is 0.313 e. The van der Waals surface area contributed by atoms with E-state index in [1.165, 1.54) is 24.3 Å². The van der Waals surface area contributed by atoms with E-state index in [0.717, 1.165) is 11.6 Å². The highest BCUT2D eigenvalue weighted by Crippen LogP contribution is 2.28. The highest BCUT2D eigenvalue weighted by molar-refractivity contribution is 7.92. The van der Waals surface area contributed by atoms with Gasteiger partial charge in [0.15, 0.2) is 9.84 Å². The second kappa shape index (κ2) is 8.95. The van der Waals surface area contributed by atoms with Crippen molar-refractivity contribution in [3.05, 3.63) is 48.0 Å². The number of rotatable bonds is 6. The molecular formula is C20H23N3O6S. The van der Waals surface area contributed by atoms with Crippen molar-refractivity contribution >= 4 is 38.9 Å². The van der Waals surface area contributed by atoms with E-state index in [1.807, 2.05) is 0 Å². The van der Waals surface area contributed by atoms with E-state index >= 15 is 0 Å². The van der Waals surface area contributed by atoms with E-state index < -0.39 is 44.5 Å². The molecule has 0 aliphatic rings. The second-order valence-electron chi connectivity index (χ2n) is 7.07. The number of aryl methyl sites for hydroxylation is 1. The van der Waals surface area contributed by atoms with Crippen molar-refractivity contribution in [2.24, 2.45) is 11.7 Å². The molecule has 0 bridgehead atoms. The summed E-state index contributed by atoms with van der Waals surface area (Å²) in [6.45, 7) is 5.00. The van der Waals surface area contributed by atoms with Crippen molar-refractivity contribution in [3.63, 3.8) is 0 Å². The number of primary amides is 1. The first-order valence-electron chi connectivity index (χ1n) is 8.98. The Kier molecular flexibility index (Phi) is 6.83. The molecule has 0 fully saturated rings. The number of phenolic OH excluding ortho intramolecular Hbond substituents is 1. The molecule has 0 aliphatic heterocycles. The largest absolute Gasteiger partial charge is 0.506 e. The summed E-state index contributed by atoms with van der Waals surface area (Å²) in [7, 11) is -3.97. The van der Waals surface area contributed by atoms with Crippen molar-refractivity contribution in [1.29, 1.82) is 0 Å². The molecule has 9 nitrogen and oxygen atoms in total. The molecule has 0 aromatic heterocycles. The predicted molar refractivity (Wildman–Crippen MR) is 112 cm³/mol. The van der Waals surface area contributed by atoms with Crippen LogP contribution in [0.1, 0.15) is 19.4 Å². The number of benzene rings is 2. The predicted octanol–water partition coefficient (Wildman–Crippen LogP) is 1.56. The zero-order chi connectivity index (χ0) is 22.6. The van der Waals surface area contributed by atoms with Crippen molar-refractivity contribution in [2.45, 2.75) is 30.9 Å². The van der Waals surface area contributed by atoms with Gasteiger partial charge in [-0.05, 0) is 42.7 Å². The second-order valence-corrected chi connectivity index (χ2v) is 9.13. The van der Waals surface area contributed by atoms with Gasteiger partial charge in [0, 0.05) is 11.8 Å². The molecule has 5 N–H and O–H groups in total. The lowest BCUT2D eigenvalue weighted by Gasteiger charge is -2.21. The monoisotopic (exact) mass is 433 g/mol. The molecule has 2 aromatic carbocycles. The number of anilines is 2. The summed E-state index contributed by atoms with van der Waals surface area (Å²) in [4.78, 5) is 35.0. The van der Waals surface area contributed by atoms with Gasteiger partial charge in [-0.3, -0.25) is 14.4 Å². The molecule has 0 heterocycles. The van der Waals surface area contributed by atoms with Gasteiger partial charge >= 0.3 is 11.8 Å². The lowest BCUT2D eigenvalue weighted by Crippen LogP contribution is -2.39. The first kappa shape index (κ1) is 22.9. The van der Waals surface area contributed by atoms with Crippen LogP contribution >= 0.6 is 0 Å². The SMILES string of the molecule is Cc1cccc(S(=O)(=O)C(C(=O)Nc2ccc(NC(=O)C(N)=O)c(O)c2)C(C)C)c1. The standard InChI is InChI=1S/C20H23N3O6S/c1-11(2)17(30(28,29)14-6-4-5-12(3)9-14)19(26)22-13-7-8-15(16(24)10-13)23-20(27)18(21)25/h4-11,17,24H,1-3H3,(H2,21,25)(H,22,26)(H,23,27). The van der Waals surface area contributed by atoms with E-state index in [2.05, 4.69) is 10.6 Å². The van der Waals surface area contributed by atoms with Crippen molar-refractivity contribution in [2.75, 3.05) is 10.6 Å².